The number of hydrogen-bond donors (Lipinski definition) is 6. The van der Waals surface area contributed by atoms with Gasteiger partial charge in [-0.1, -0.05) is 11.6 Å². The van der Waals surface area contributed by atoms with Crippen molar-refractivity contribution in [3.63, 3.8) is 0 Å². The first-order chi connectivity index (χ1) is 17.4. The number of nitrogens with two attached hydrogens (primary N) is 2. The molecule has 2 rings (SSSR count). The highest BCUT2D eigenvalue weighted by Gasteiger charge is 2.51. The molecule has 0 radical (unpaired) electrons. The molecule has 1 aromatic rings. The Labute approximate surface area is 222 Å². The lowest BCUT2D eigenvalue weighted by molar-refractivity contribution is -0.161. The summed E-state index contributed by atoms with van der Waals surface area (Å²) >= 11 is 1.20. The van der Waals surface area contributed by atoms with Crippen LogP contribution in [0, 0.1) is 6.92 Å². The van der Waals surface area contributed by atoms with Gasteiger partial charge in [-0.05, 0) is 47.1 Å². The number of carbonyl (C=O) groups excluding carboxylic acids is 2. The Bertz CT molecular complexity index is 1170. The van der Waals surface area contributed by atoms with E-state index in [9.17, 15) is 27.6 Å². The lowest BCUT2D eigenvalue weighted by atomic mass is 10.0. The van der Waals surface area contributed by atoms with Gasteiger partial charge >= 0.3 is 22.2 Å². The number of unbranched alkanes of at least 4 members (excludes halogenated alkanes) is 1. The summed E-state index contributed by atoms with van der Waals surface area (Å²) in [6, 6.07) is -2.97. The number of nitrogens with zero attached hydrogens (tertiary/aromatic N) is 3. The molecule has 0 aliphatic carbocycles. The molecule has 1 fully saturated rings. The summed E-state index contributed by atoms with van der Waals surface area (Å²) < 4.78 is 31.5. The van der Waals surface area contributed by atoms with Gasteiger partial charge in [0.15, 0.2) is 5.71 Å². The summed E-state index contributed by atoms with van der Waals surface area (Å²) in [6.07, 6.45) is 2.16. The van der Waals surface area contributed by atoms with Gasteiger partial charge in [-0.15, -0.1) is 11.3 Å². The number of carboxylic acids is 2. The van der Waals surface area contributed by atoms with Crippen molar-refractivity contribution in [3.05, 3.63) is 16.1 Å². The average molecular weight is 581 g/mol. The van der Waals surface area contributed by atoms with Gasteiger partial charge in [-0.2, -0.15) is 8.42 Å². The summed E-state index contributed by atoms with van der Waals surface area (Å²) in [5.74, 6) is -4.20. The molecule has 3 atom stereocenters. The van der Waals surface area contributed by atoms with Crippen LogP contribution in [0.25, 0.3) is 0 Å². The van der Waals surface area contributed by atoms with Crippen molar-refractivity contribution in [1.82, 2.24) is 14.6 Å². The number of amides is 2. The SMILES string of the molecule is Cc1nc(/C(=N\OC(C)(C)C(=O)O)C(=O)N[C@@H]2C(=O)N(S(=O)(=O)O)[C@H]2C)cs1.NCCCC[C@H](N)C(=O)O. The fourth-order valence-electron chi connectivity index (χ4n) is 2.82. The molecule has 0 saturated carbocycles. The van der Waals surface area contributed by atoms with Crippen LogP contribution >= 0.6 is 11.3 Å². The highest BCUT2D eigenvalue weighted by Crippen LogP contribution is 2.23. The summed E-state index contributed by atoms with van der Waals surface area (Å²) in [5.41, 5.74) is 8.39. The summed E-state index contributed by atoms with van der Waals surface area (Å²) in [7, 11) is -4.74. The van der Waals surface area contributed by atoms with E-state index >= 15 is 0 Å². The monoisotopic (exact) mass is 580 g/mol. The molecule has 214 valence electrons. The van der Waals surface area contributed by atoms with Crippen molar-refractivity contribution in [2.24, 2.45) is 16.6 Å². The number of aryl methyl sites for hydroxylation is 1. The second-order valence-electron chi connectivity index (χ2n) is 8.63. The van der Waals surface area contributed by atoms with Crippen LogP contribution < -0.4 is 16.8 Å². The second kappa shape index (κ2) is 13.6. The molecular weight excluding hydrogens is 548 g/mol. The van der Waals surface area contributed by atoms with Crippen LogP contribution in [0.15, 0.2) is 10.5 Å². The van der Waals surface area contributed by atoms with Crippen LogP contribution in [0.1, 0.15) is 50.7 Å². The molecule has 0 bridgehead atoms. The summed E-state index contributed by atoms with van der Waals surface area (Å²) in [5, 5.41) is 25.4. The van der Waals surface area contributed by atoms with E-state index < -0.39 is 57.8 Å². The zero-order valence-electron chi connectivity index (χ0n) is 21.2. The van der Waals surface area contributed by atoms with Crippen LogP contribution in [0.2, 0.25) is 0 Å². The minimum absolute atomic E-state index is 0.0900. The highest BCUT2D eigenvalue weighted by molar-refractivity contribution is 7.84. The maximum Gasteiger partial charge on any atom is 0.362 e. The third-order valence-corrected chi connectivity index (χ3v) is 6.90. The van der Waals surface area contributed by atoms with E-state index in [-0.39, 0.29) is 15.7 Å². The number of carbonyl (C=O) groups is 4. The maximum absolute atomic E-state index is 12.6. The molecule has 16 nitrogen and oxygen atoms in total. The Morgan fingerprint density at radius 1 is 1.32 bits per heavy atom. The minimum Gasteiger partial charge on any atom is -0.480 e. The van der Waals surface area contributed by atoms with Crippen molar-refractivity contribution < 1.29 is 47.2 Å². The van der Waals surface area contributed by atoms with Gasteiger partial charge in [0.2, 0.25) is 5.60 Å². The standard InChI is InChI=1S/C14H18N4O8S2.C6H14N2O2/c1-6-9(12(20)18(6)28(23,24)25)16-11(19)10(8-5-27-7(2)15-8)17-26-14(3,4)13(21)22;7-4-2-1-3-5(8)6(9)10/h5-6,9H,1-4H3,(H,16,19)(H,21,22)(H,23,24,25);5H,1-4,7-8H2,(H,9,10)/b17-10+;/t6-,9-;5-/m00/s1. The number of aliphatic carboxylic acids is 2. The van der Waals surface area contributed by atoms with Crippen LogP contribution in [-0.4, -0.2) is 92.2 Å². The van der Waals surface area contributed by atoms with Gasteiger partial charge in [0.1, 0.15) is 17.8 Å². The number of thiazole rings is 1. The van der Waals surface area contributed by atoms with Crippen molar-refractivity contribution >= 4 is 51.1 Å². The normalized spacial score (nSPS) is 18.6. The number of hydrogen-bond acceptors (Lipinski definition) is 12. The van der Waals surface area contributed by atoms with E-state index in [0.29, 0.717) is 18.0 Å². The van der Waals surface area contributed by atoms with E-state index in [4.69, 9.17) is 31.1 Å². The number of carboxylic acid groups (broad SMARTS) is 2. The zero-order chi connectivity index (χ0) is 29.4. The van der Waals surface area contributed by atoms with E-state index in [1.165, 1.54) is 37.5 Å². The smallest absolute Gasteiger partial charge is 0.362 e. The topological polar surface area (TPSA) is 265 Å². The molecule has 1 aliphatic heterocycles. The predicted octanol–water partition coefficient (Wildman–Crippen LogP) is -0.919. The van der Waals surface area contributed by atoms with Gasteiger partial charge in [0, 0.05) is 5.38 Å². The van der Waals surface area contributed by atoms with Crippen molar-refractivity contribution in [2.45, 2.75) is 70.7 Å². The number of nitrogens with one attached hydrogen (secondary N) is 1. The summed E-state index contributed by atoms with van der Waals surface area (Å²) in [4.78, 5) is 54.9. The molecule has 18 heteroatoms. The Kier molecular flexibility index (Phi) is 11.7. The van der Waals surface area contributed by atoms with Crippen LogP contribution in [0.5, 0.6) is 0 Å². The fraction of sp³-hybridized carbons (Fsp3) is 0.600. The van der Waals surface area contributed by atoms with E-state index in [0.717, 1.165) is 12.8 Å². The molecule has 1 aromatic heterocycles. The molecule has 1 saturated heterocycles. The Balaban J connectivity index is 0.000000612. The average Bonchev–Trinajstić information content (AvgIpc) is 3.22. The third-order valence-electron chi connectivity index (χ3n) is 5.11. The molecule has 2 heterocycles. The number of oxime groups is 1. The van der Waals surface area contributed by atoms with Crippen molar-refractivity contribution in [2.75, 3.05) is 6.54 Å². The van der Waals surface area contributed by atoms with Crippen LogP contribution in [0.3, 0.4) is 0 Å². The minimum atomic E-state index is -4.74. The van der Waals surface area contributed by atoms with Gasteiger partial charge in [0.05, 0.1) is 11.0 Å². The van der Waals surface area contributed by atoms with Crippen LogP contribution in [-0.2, 0) is 34.3 Å². The predicted molar refractivity (Wildman–Crippen MR) is 134 cm³/mol. The first-order valence-electron chi connectivity index (χ1n) is 11.2. The van der Waals surface area contributed by atoms with E-state index in [1.54, 1.807) is 6.92 Å². The Hall–Kier alpha value is -3.19. The van der Waals surface area contributed by atoms with Crippen molar-refractivity contribution in [1.29, 1.82) is 0 Å². The Morgan fingerprint density at radius 3 is 2.34 bits per heavy atom. The van der Waals surface area contributed by atoms with Gasteiger partial charge in [-0.3, -0.25) is 18.9 Å². The first-order valence-corrected chi connectivity index (χ1v) is 13.4. The lowest BCUT2D eigenvalue weighted by Crippen LogP contribution is -2.71. The second-order valence-corrected chi connectivity index (χ2v) is 11.0. The van der Waals surface area contributed by atoms with E-state index in [2.05, 4.69) is 15.5 Å². The zero-order valence-corrected chi connectivity index (χ0v) is 22.8. The van der Waals surface area contributed by atoms with Crippen LogP contribution in [0.4, 0.5) is 0 Å². The molecule has 1 aliphatic rings. The Morgan fingerprint density at radius 2 is 1.92 bits per heavy atom. The van der Waals surface area contributed by atoms with E-state index in [1.807, 2.05) is 0 Å². The highest BCUT2D eigenvalue weighted by atomic mass is 32.2. The largest absolute Gasteiger partial charge is 0.480 e. The molecule has 8 N–H and O–H groups in total. The first kappa shape index (κ1) is 32.8. The quantitative estimate of drug-likeness (QED) is 0.0575. The fourth-order valence-corrected chi connectivity index (χ4v) is 4.30. The molecule has 0 unspecified atom stereocenters. The number of rotatable bonds is 12. The number of β-lactam (4-membered cyclic amide) rings is 1. The lowest BCUT2D eigenvalue weighted by Gasteiger charge is -2.42. The molecule has 0 aromatic carbocycles. The molecule has 0 spiro atoms. The van der Waals surface area contributed by atoms with Gasteiger partial charge < -0.3 is 31.8 Å². The van der Waals surface area contributed by atoms with Gasteiger partial charge in [-0.25, -0.2) is 14.1 Å². The maximum atomic E-state index is 12.6. The molecular formula is C20H32N6O10S2. The third kappa shape index (κ3) is 8.98. The van der Waals surface area contributed by atoms with Gasteiger partial charge in [0.25, 0.3) is 11.8 Å². The summed E-state index contributed by atoms with van der Waals surface area (Å²) in [6.45, 7) is 6.04. The van der Waals surface area contributed by atoms with Crippen molar-refractivity contribution in [3.8, 4) is 0 Å². The molecule has 2 amide bonds. The number of aromatic nitrogens is 1. The molecule has 38 heavy (non-hydrogen) atoms.